The van der Waals surface area contributed by atoms with Crippen LogP contribution in [0.2, 0.25) is 0 Å². The van der Waals surface area contributed by atoms with Gasteiger partial charge in [-0.25, -0.2) is 18.7 Å². The predicted octanol–water partition coefficient (Wildman–Crippen LogP) is 2.45. The number of nitrogens with zero attached hydrogens (tertiary/aromatic N) is 2. The Balaban J connectivity index is 2.04. The van der Waals surface area contributed by atoms with Crippen LogP contribution in [0.3, 0.4) is 0 Å². The normalized spacial score (nSPS) is 10.3. The van der Waals surface area contributed by atoms with Gasteiger partial charge in [0.2, 0.25) is 0 Å². The van der Waals surface area contributed by atoms with Crippen LogP contribution in [0.4, 0.5) is 8.78 Å². The molecule has 1 aromatic carbocycles. The summed E-state index contributed by atoms with van der Waals surface area (Å²) in [6, 6.07) is 3.43. The van der Waals surface area contributed by atoms with E-state index in [0.717, 1.165) is 12.1 Å². The van der Waals surface area contributed by atoms with Crippen molar-refractivity contribution in [3.05, 3.63) is 58.1 Å². The first-order chi connectivity index (χ1) is 9.08. The van der Waals surface area contributed by atoms with Crippen molar-refractivity contribution in [3.63, 3.8) is 0 Å². The first-order valence-electron chi connectivity index (χ1n) is 5.26. The van der Waals surface area contributed by atoms with Gasteiger partial charge < -0.3 is 5.32 Å². The molecule has 4 nitrogen and oxygen atoms in total. The van der Waals surface area contributed by atoms with E-state index in [1.807, 2.05) is 0 Å². The second kappa shape index (κ2) is 5.83. The topological polar surface area (TPSA) is 54.9 Å². The third-order valence-electron chi connectivity index (χ3n) is 2.31. The van der Waals surface area contributed by atoms with Crippen LogP contribution in [-0.2, 0) is 6.54 Å². The maximum Gasteiger partial charge on any atom is 0.272 e. The summed E-state index contributed by atoms with van der Waals surface area (Å²) in [7, 11) is 0. The molecule has 19 heavy (non-hydrogen) atoms. The number of carbonyl (C=O) groups is 1. The maximum atomic E-state index is 13.0. The van der Waals surface area contributed by atoms with Crippen LogP contribution in [0.25, 0.3) is 0 Å². The number of carbonyl (C=O) groups excluding carboxylic acids is 1. The van der Waals surface area contributed by atoms with Gasteiger partial charge in [-0.1, -0.05) is 6.07 Å². The standard InChI is InChI=1S/C12H8BrF2N3O/c13-11-10(16-3-4-17-11)12(19)18-6-7-1-2-8(14)9(15)5-7/h1-5H,6H2,(H,18,19). The van der Waals surface area contributed by atoms with Gasteiger partial charge >= 0.3 is 0 Å². The number of halogens is 3. The molecule has 1 amide bonds. The fraction of sp³-hybridized carbons (Fsp3) is 0.0833. The fourth-order valence-electron chi connectivity index (χ4n) is 1.39. The third kappa shape index (κ3) is 3.31. The molecule has 0 saturated heterocycles. The Morgan fingerprint density at radius 3 is 2.63 bits per heavy atom. The Morgan fingerprint density at radius 1 is 1.21 bits per heavy atom. The number of hydrogen-bond acceptors (Lipinski definition) is 3. The largest absolute Gasteiger partial charge is 0.347 e. The van der Waals surface area contributed by atoms with E-state index in [4.69, 9.17) is 0 Å². The molecule has 2 rings (SSSR count). The third-order valence-corrected chi connectivity index (χ3v) is 2.89. The molecule has 0 spiro atoms. The monoisotopic (exact) mass is 327 g/mol. The quantitative estimate of drug-likeness (QED) is 0.942. The Bertz CT molecular complexity index is 622. The minimum absolute atomic E-state index is 0.0685. The zero-order valence-electron chi connectivity index (χ0n) is 9.53. The van der Waals surface area contributed by atoms with E-state index in [0.29, 0.717) is 10.2 Å². The Hall–Kier alpha value is -1.89. The van der Waals surface area contributed by atoms with Crippen LogP contribution in [0.15, 0.2) is 35.2 Å². The first kappa shape index (κ1) is 13.5. The van der Waals surface area contributed by atoms with E-state index in [1.54, 1.807) is 0 Å². The lowest BCUT2D eigenvalue weighted by Crippen LogP contribution is -2.24. The van der Waals surface area contributed by atoms with Crippen molar-refractivity contribution >= 4 is 21.8 Å². The lowest BCUT2D eigenvalue weighted by Gasteiger charge is -2.06. The SMILES string of the molecule is O=C(NCc1ccc(F)c(F)c1)c1nccnc1Br. The van der Waals surface area contributed by atoms with E-state index in [-0.39, 0.29) is 12.2 Å². The molecule has 0 atom stereocenters. The minimum atomic E-state index is -0.951. The molecule has 0 aliphatic carbocycles. The molecule has 1 N–H and O–H groups in total. The van der Waals surface area contributed by atoms with Gasteiger partial charge in [0.15, 0.2) is 17.3 Å². The molecule has 1 aromatic heterocycles. The summed E-state index contributed by atoms with van der Waals surface area (Å²) in [6.45, 7) is 0.0685. The van der Waals surface area contributed by atoms with E-state index in [9.17, 15) is 13.6 Å². The molecule has 98 valence electrons. The molecule has 2 aromatic rings. The summed E-state index contributed by atoms with van der Waals surface area (Å²) in [6.07, 6.45) is 2.83. The highest BCUT2D eigenvalue weighted by molar-refractivity contribution is 9.10. The van der Waals surface area contributed by atoms with E-state index in [1.165, 1.54) is 18.5 Å². The van der Waals surface area contributed by atoms with E-state index >= 15 is 0 Å². The summed E-state index contributed by atoms with van der Waals surface area (Å²) in [5.41, 5.74) is 0.581. The highest BCUT2D eigenvalue weighted by atomic mass is 79.9. The van der Waals surface area contributed by atoms with E-state index in [2.05, 4.69) is 31.2 Å². The van der Waals surface area contributed by atoms with Crippen molar-refractivity contribution in [3.8, 4) is 0 Å². The van der Waals surface area contributed by atoms with Gasteiger partial charge in [0.1, 0.15) is 4.60 Å². The van der Waals surface area contributed by atoms with Gasteiger partial charge in [0.25, 0.3) is 5.91 Å². The van der Waals surface area contributed by atoms with Crippen LogP contribution in [0, 0.1) is 11.6 Å². The Labute approximate surface area is 116 Å². The van der Waals surface area contributed by atoms with Crippen molar-refractivity contribution in [2.45, 2.75) is 6.54 Å². The molecular formula is C12H8BrF2N3O. The lowest BCUT2D eigenvalue weighted by atomic mass is 10.2. The summed E-state index contributed by atoms with van der Waals surface area (Å²) < 4.78 is 26.0. The molecular weight excluding hydrogens is 320 g/mol. The lowest BCUT2D eigenvalue weighted by molar-refractivity contribution is 0.0944. The average Bonchev–Trinajstić information content (AvgIpc) is 2.40. The zero-order valence-corrected chi connectivity index (χ0v) is 11.1. The van der Waals surface area contributed by atoms with Crippen LogP contribution < -0.4 is 5.32 Å². The van der Waals surface area contributed by atoms with Crippen molar-refractivity contribution in [2.24, 2.45) is 0 Å². The van der Waals surface area contributed by atoms with Crippen LogP contribution in [-0.4, -0.2) is 15.9 Å². The molecule has 0 saturated carbocycles. The van der Waals surface area contributed by atoms with Crippen LogP contribution >= 0.6 is 15.9 Å². The second-order valence-electron chi connectivity index (χ2n) is 3.63. The minimum Gasteiger partial charge on any atom is -0.347 e. The van der Waals surface area contributed by atoms with Crippen molar-refractivity contribution < 1.29 is 13.6 Å². The van der Waals surface area contributed by atoms with Gasteiger partial charge in [-0.15, -0.1) is 0 Å². The van der Waals surface area contributed by atoms with Gasteiger partial charge in [-0.05, 0) is 33.6 Å². The molecule has 0 aliphatic heterocycles. The van der Waals surface area contributed by atoms with Crippen molar-refractivity contribution in [2.75, 3.05) is 0 Å². The fourth-order valence-corrected chi connectivity index (χ4v) is 1.79. The van der Waals surface area contributed by atoms with Crippen LogP contribution in [0.5, 0.6) is 0 Å². The smallest absolute Gasteiger partial charge is 0.272 e. The van der Waals surface area contributed by atoms with Gasteiger partial charge in [0.05, 0.1) is 0 Å². The zero-order chi connectivity index (χ0) is 13.8. The van der Waals surface area contributed by atoms with E-state index < -0.39 is 17.5 Å². The summed E-state index contributed by atoms with van der Waals surface area (Å²) in [5, 5.41) is 2.54. The van der Waals surface area contributed by atoms with Crippen molar-refractivity contribution in [1.82, 2.24) is 15.3 Å². The summed E-state index contributed by atoms with van der Waals surface area (Å²) in [4.78, 5) is 19.5. The molecule has 0 fully saturated rings. The molecule has 0 bridgehead atoms. The highest BCUT2D eigenvalue weighted by Crippen LogP contribution is 2.11. The number of nitrogens with one attached hydrogen (secondary N) is 1. The number of amides is 1. The molecule has 0 aliphatic rings. The maximum absolute atomic E-state index is 13.0. The van der Waals surface area contributed by atoms with Crippen molar-refractivity contribution in [1.29, 1.82) is 0 Å². The summed E-state index contributed by atoms with van der Waals surface area (Å²) >= 11 is 3.10. The molecule has 0 radical (unpaired) electrons. The number of rotatable bonds is 3. The van der Waals surface area contributed by atoms with Gasteiger partial charge in [-0.2, -0.15) is 0 Å². The van der Waals surface area contributed by atoms with Gasteiger partial charge in [-0.3, -0.25) is 4.79 Å². The van der Waals surface area contributed by atoms with Gasteiger partial charge in [0, 0.05) is 18.9 Å². The first-order valence-corrected chi connectivity index (χ1v) is 6.06. The Kier molecular flexibility index (Phi) is 4.16. The number of aromatic nitrogens is 2. The molecule has 7 heteroatoms. The number of hydrogen-bond donors (Lipinski definition) is 1. The second-order valence-corrected chi connectivity index (χ2v) is 4.38. The highest BCUT2D eigenvalue weighted by Gasteiger charge is 2.12. The Morgan fingerprint density at radius 2 is 1.95 bits per heavy atom. The molecule has 1 heterocycles. The number of benzene rings is 1. The average molecular weight is 328 g/mol. The predicted molar refractivity (Wildman–Crippen MR) is 67.3 cm³/mol. The molecule has 0 unspecified atom stereocenters. The van der Waals surface area contributed by atoms with Crippen LogP contribution in [0.1, 0.15) is 16.1 Å². The summed E-state index contributed by atoms with van der Waals surface area (Å²) in [5.74, 6) is -2.33.